The predicted octanol–water partition coefficient (Wildman–Crippen LogP) is 3.39. The van der Waals surface area contributed by atoms with Crippen molar-refractivity contribution in [2.75, 3.05) is 31.1 Å². The standard InChI is InChI=1S/C18H20Cl2N6.HI/c19-14-3-2-12(10-15(14)20)13-11-16(13)24-17(21)25-6-8-26(9-7-25)18-22-4-1-5-23-18;/h1-5,10,13,16H,6-9,11H2,(H2,21,24);1H/t13-,16+;/m0./s1. The van der Waals surface area contributed by atoms with Gasteiger partial charge in [0.1, 0.15) is 0 Å². The van der Waals surface area contributed by atoms with Crippen molar-refractivity contribution in [2.45, 2.75) is 18.4 Å². The number of benzene rings is 1. The molecule has 2 fully saturated rings. The van der Waals surface area contributed by atoms with Gasteiger partial charge in [0, 0.05) is 44.5 Å². The second-order valence-corrected chi connectivity index (χ2v) is 7.41. The van der Waals surface area contributed by atoms with Crippen LogP contribution in [0.15, 0.2) is 41.7 Å². The minimum absolute atomic E-state index is 0. The SMILES string of the molecule is I.NC(=N[C@@H]1C[C@H]1c1ccc(Cl)c(Cl)c1)N1CCN(c2ncccn2)CC1. The van der Waals surface area contributed by atoms with Gasteiger partial charge in [-0.2, -0.15) is 0 Å². The summed E-state index contributed by atoms with van der Waals surface area (Å²) in [5, 5.41) is 1.17. The van der Waals surface area contributed by atoms with Crippen molar-refractivity contribution in [1.29, 1.82) is 0 Å². The number of rotatable bonds is 3. The average molecular weight is 519 g/mol. The summed E-state index contributed by atoms with van der Waals surface area (Å²) in [6, 6.07) is 7.83. The van der Waals surface area contributed by atoms with E-state index in [4.69, 9.17) is 33.9 Å². The van der Waals surface area contributed by atoms with Crippen molar-refractivity contribution in [1.82, 2.24) is 14.9 Å². The Morgan fingerprint density at radius 1 is 1.07 bits per heavy atom. The molecule has 2 atom stereocenters. The maximum atomic E-state index is 6.25. The van der Waals surface area contributed by atoms with Gasteiger partial charge in [-0.3, -0.25) is 0 Å². The molecular formula is C18H21Cl2IN6. The second kappa shape index (κ2) is 8.79. The number of guanidine groups is 1. The van der Waals surface area contributed by atoms with Gasteiger partial charge in [-0.05, 0) is 30.2 Å². The molecule has 1 saturated heterocycles. The van der Waals surface area contributed by atoms with Crippen LogP contribution in [0.5, 0.6) is 0 Å². The average Bonchev–Trinajstić information content (AvgIpc) is 3.44. The molecule has 0 radical (unpaired) electrons. The maximum Gasteiger partial charge on any atom is 0.225 e. The molecule has 1 aromatic heterocycles. The van der Waals surface area contributed by atoms with Gasteiger partial charge in [0.2, 0.25) is 5.95 Å². The molecule has 144 valence electrons. The number of anilines is 1. The van der Waals surface area contributed by atoms with Gasteiger partial charge in [0.05, 0.1) is 16.1 Å². The van der Waals surface area contributed by atoms with Crippen LogP contribution in [-0.2, 0) is 0 Å². The zero-order valence-corrected chi connectivity index (χ0v) is 18.5. The summed E-state index contributed by atoms with van der Waals surface area (Å²) in [6.45, 7) is 3.30. The van der Waals surface area contributed by atoms with E-state index in [1.165, 1.54) is 5.56 Å². The third kappa shape index (κ3) is 4.75. The monoisotopic (exact) mass is 518 g/mol. The largest absolute Gasteiger partial charge is 0.370 e. The highest BCUT2D eigenvalue weighted by atomic mass is 127. The van der Waals surface area contributed by atoms with E-state index in [1.807, 2.05) is 24.3 Å². The number of nitrogens with zero attached hydrogens (tertiary/aromatic N) is 5. The van der Waals surface area contributed by atoms with E-state index >= 15 is 0 Å². The molecule has 2 heterocycles. The van der Waals surface area contributed by atoms with Gasteiger partial charge >= 0.3 is 0 Å². The molecule has 1 saturated carbocycles. The van der Waals surface area contributed by atoms with E-state index in [2.05, 4.69) is 19.8 Å². The number of aliphatic imine (C=N–C) groups is 1. The third-order valence-corrected chi connectivity index (χ3v) is 5.60. The van der Waals surface area contributed by atoms with Crippen molar-refractivity contribution in [3.63, 3.8) is 0 Å². The molecule has 0 spiro atoms. The Morgan fingerprint density at radius 3 is 2.44 bits per heavy atom. The topological polar surface area (TPSA) is 70.6 Å². The fourth-order valence-electron chi connectivity index (χ4n) is 3.27. The number of aromatic nitrogens is 2. The van der Waals surface area contributed by atoms with Crippen LogP contribution in [0.2, 0.25) is 10.0 Å². The molecule has 2 N–H and O–H groups in total. The molecule has 6 nitrogen and oxygen atoms in total. The highest BCUT2D eigenvalue weighted by Gasteiger charge is 2.39. The van der Waals surface area contributed by atoms with Crippen LogP contribution in [0, 0.1) is 0 Å². The summed E-state index contributed by atoms with van der Waals surface area (Å²) in [6.07, 6.45) is 4.53. The van der Waals surface area contributed by atoms with Gasteiger partial charge in [0.25, 0.3) is 0 Å². The van der Waals surface area contributed by atoms with Gasteiger partial charge < -0.3 is 15.5 Å². The molecule has 9 heteroatoms. The van der Waals surface area contributed by atoms with E-state index in [-0.39, 0.29) is 30.0 Å². The zero-order chi connectivity index (χ0) is 18.1. The molecule has 0 amide bonds. The Kier molecular flexibility index (Phi) is 6.65. The lowest BCUT2D eigenvalue weighted by Crippen LogP contribution is -2.51. The summed E-state index contributed by atoms with van der Waals surface area (Å²) in [5.74, 6) is 1.76. The van der Waals surface area contributed by atoms with Gasteiger partial charge in [-0.15, -0.1) is 24.0 Å². The van der Waals surface area contributed by atoms with Crippen LogP contribution in [0.25, 0.3) is 0 Å². The summed E-state index contributed by atoms with van der Waals surface area (Å²) in [7, 11) is 0. The number of hydrogen-bond donors (Lipinski definition) is 1. The number of nitrogens with two attached hydrogens (primary N) is 1. The van der Waals surface area contributed by atoms with Crippen molar-refractivity contribution in [2.24, 2.45) is 10.7 Å². The highest BCUT2D eigenvalue weighted by molar-refractivity contribution is 14.0. The Morgan fingerprint density at radius 2 is 1.78 bits per heavy atom. The van der Waals surface area contributed by atoms with Crippen LogP contribution in [0.3, 0.4) is 0 Å². The van der Waals surface area contributed by atoms with Crippen LogP contribution >= 0.6 is 47.2 Å². The quantitative estimate of drug-likeness (QED) is 0.383. The van der Waals surface area contributed by atoms with Crippen LogP contribution < -0.4 is 10.6 Å². The first kappa shape index (κ1) is 20.4. The molecule has 2 aliphatic rings. The number of halogens is 3. The van der Waals surface area contributed by atoms with Crippen LogP contribution in [0.1, 0.15) is 17.9 Å². The molecule has 27 heavy (non-hydrogen) atoms. The summed E-state index contributed by atoms with van der Waals surface area (Å²) in [4.78, 5) is 17.6. The smallest absolute Gasteiger partial charge is 0.225 e. The first-order valence-electron chi connectivity index (χ1n) is 8.67. The van der Waals surface area contributed by atoms with Crippen LogP contribution in [-0.4, -0.2) is 53.0 Å². The van der Waals surface area contributed by atoms with Crippen LogP contribution in [0.4, 0.5) is 5.95 Å². The first-order chi connectivity index (χ1) is 12.6. The minimum Gasteiger partial charge on any atom is -0.370 e. The van der Waals surface area contributed by atoms with E-state index in [9.17, 15) is 0 Å². The van der Waals surface area contributed by atoms with Crippen molar-refractivity contribution in [3.05, 3.63) is 52.3 Å². The van der Waals surface area contributed by atoms with Gasteiger partial charge in [-0.25, -0.2) is 15.0 Å². The lowest BCUT2D eigenvalue weighted by atomic mass is 10.1. The Labute approximate surface area is 185 Å². The third-order valence-electron chi connectivity index (χ3n) is 4.87. The summed E-state index contributed by atoms with van der Waals surface area (Å²) in [5.41, 5.74) is 7.42. The minimum atomic E-state index is 0. The second-order valence-electron chi connectivity index (χ2n) is 6.59. The highest BCUT2D eigenvalue weighted by Crippen LogP contribution is 2.44. The number of piperazine rings is 1. The first-order valence-corrected chi connectivity index (χ1v) is 9.42. The van der Waals surface area contributed by atoms with E-state index in [0.29, 0.717) is 21.9 Å². The van der Waals surface area contributed by atoms with E-state index in [0.717, 1.165) is 38.5 Å². The Bertz CT molecular complexity index is 811. The van der Waals surface area contributed by atoms with Gasteiger partial charge in [0.15, 0.2) is 5.96 Å². The zero-order valence-electron chi connectivity index (χ0n) is 14.6. The Balaban J connectivity index is 0.00000210. The molecule has 1 aliphatic heterocycles. The van der Waals surface area contributed by atoms with E-state index < -0.39 is 0 Å². The maximum absolute atomic E-state index is 6.25. The normalized spacial score (nSPS) is 22.4. The molecular weight excluding hydrogens is 498 g/mol. The summed E-state index contributed by atoms with van der Waals surface area (Å²) < 4.78 is 0. The molecule has 0 bridgehead atoms. The predicted molar refractivity (Wildman–Crippen MR) is 120 cm³/mol. The van der Waals surface area contributed by atoms with Gasteiger partial charge in [-0.1, -0.05) is 29.3 Å². The summed E-state index contributed by atoms with van der Waals surface area (Å²) >= 11 is 12.1. The molecule has 1 aromatic carbocycles. The van der Waals surface area contributed by atoms with E-state index in [1.54, 1.807) is 12.4 Å². The molecule has 0 unspecified atom stereocenters. The number of hydrogen-bond acceptors (Lipinski definition) is 4. The fourth-order valence-corrected chi connectivity index (χ4v) is 3.57. The lowest BCUT2D eigenvalue weighted by molar-refractivity contribution is 0.378. The molecule has 1 aliphatic carbocycles. The van der Waals surface area contributed by atoms with Crippen molar-refractivity contribution >= 4 is 59.1 Å². The van der Waals surface area contributed by atoms with Crippen molar-refractivity contribution in [3.8, 4) is 0 Å². The Hall–Kier alpha value is -1.32. The molecule has 4 rings (SSSR count). The lowest BCUT2D eigenvalue weighted by Gasteiger charge is -2.35. The van der Waals surface area contributed by atoms with Crippen molar-refractivity contribution < 1.29 is 0 Å². The fraction of sp³-hybridized carbons (Fsp3) is 0.389. The molecule has 2 aromatic rings.